The first kappa shape index (κ1) is 12.9. The Kier molecular flexibility index (Phi) is 3.31. The number of esters is 1. The van der Waals surface area contributed by atoms with Gasteiger partial charge in [-0.1, -0.05) is 61.5 Å². The van der Waals surface area contributed by atoms with E-state index in [-0.39, 0.29) is 5.97 Å². The Bertz CT molecular complexity index is 601. The van der Waals surface area contributed by atoms with E-state index in [0.29, 0.717) is 13.0 Å². The SMILES string of the molecule is CCc1ccc(C2(c3ccccc3)CCOC2=O)cc1. The summed E-state index contributed by atoms with van der Waals surface area (Å²) in [4.78, 5) is 12.4. The highest BCUT2D eigenvalue weighted by molar-refractivity contribution is 5.89. The molecule has 1 saturated heterocycles. The van der Waals surface area contributed by atoms with E-state index in [1.54, 1.807) is 0 Å². The summed E-state index contributed by atoms with van der Waals surface area (Å²) >= 11 is 0. The van der Waals surface area contributed by atoms with Gasteiger partial charge in [0.25, 0.3) is 0 Å². The molecule has 0 spiro atoms. The molecular formula is C18H18O2. The monoisotopic (exact) mass is 266 g/mol. The van der Waals surface area contributed by atoms with Crippen LogP contribution in [-0.2, 0) is 21.4 Å². The van der Waals surface area contributed by atoms with Crippen LogP contribution in [0.15, 0.2) is 54.6 Å². The van der Waals surface area contributed by atoms with Crippen LogP contribution < -0.4 is 0 Å². The number of carbonyl (C=O) groups is 1. The highest BCUT2D eigenvalue weighted by Gasteiger charge is 2.47. The molecule has 2 aromatic rings. The van der Waals surface area contributed by atoms with E-state index in [1.165, 1.54) is 5.56 Å². The molecule has 0 amide bonds. The summed E-state index contributed by atoms with van der Waals surface area (Å²) in [5.41, 5.74) is 2.70. The maximum absolute atomic E-state index is 12.4. The molecule has 102 valence electrons. The third-order valence-corrected chi connectivity index (χ3v) is 4.18. The summed E-state index contributed by atoms with van der Waals surface area (Å²) in [6.45, 7) is 2.62. The fraction of sp³-hybridized carbons (Fsp3) is 0.278. The van der Waals surface area contributed by atoms with Crippen LogP contribution in [0.2, 0.25) is 0 Å². The lowest BCUT2D eigenvalue weighted by atomic mass is 9.73. The van der Waals surface area contributed by atoms with Crippen molar-refractivity contribution in [3.8, 4) is 0 Å². The van der Waals surface area contributed by atoms with Crippen molar-refractivity contribution in [3.05, 3.63) is 71.3 Å². The molecule has 1 atom stereocenters. The summed E-state index contributed by atoms with van der Waals surface area (Å²) in [6, 6.07) is 18.3. The van der Waals surface area contributed by atoms with Crippen LogP contribution in [0.4, 0.5) is 0 Å². The summed E-state index contributed by atoms with van der Waals surface area (Å²) in [5.74, 6) is -0.132. The molecule has 2 nitrogen and oxygen atoms in total. The number of aryl methyl sites for hydroxylation is 1. The Morgan fingerprint density at radius 1 is 1.00 bits per heavy atom. The number of carbonyl (C=O) groups excluding carboxylic acids is 1. The lowest BCUT2D eigenvalue weighted by Crippen LogP contribution is -2.32. The molecule has 20 heavy (non-hydrogen) atoms. The van der Waals surface area contributed by atoms with E-state index < -0.39 is 5.41 Å². The molecule has 2 heteroatoms. The van der Waals surface area contributed by atoms with Crippen LogP contribution in [0, 0.1) is 0 Å². The first-order chi connectivity index (χ1) is 9.77. The smallest absolute Gasteiger partial charge is 0.321 e. The molecular weight excluding hydrogens is 248 g/mol. The van der Waals surface area contributed by atoms with Gasteiger partial charge in [0.05, 0.1) is 6.61 Å². The second kappa shape index (κ2) is 5.12. The van der Waals surface area contributed by atoms with E-state index >= 15 is 0 Å². The number of hydrogen-bond acceptors (Lipinski definition) is 2. The van der Waals surface area contributed by atoms with Gasteiger partial charge < -0.3 is 4.74 Å². The van der Waals surface area contributed by atoms with Crippen LogP contribution >= 0.6 is 0 Å². The summed E-state index contributed by atoms with van der Waals surface area (Å²) in [5, 5.41) is 0. The number of cyclic esters (lactones) is 1. The zero-order valence-electron chi connectivity index (χ0n) is 11.6. The lowest BCUT2D eigenvalue weighted by molar-refractivity contribution is -0.141. The van der Waals surface area contributed by atoms with Crippen LogP contribution in [-0.4, -0.2) is 12.6 Å². The molecule has 0 aliphatic carbocycles. The van der Waals surface area contributed by atoms with Crippen LogP contribution in [0.1, 0.15) is 30.0 Å². The molecule has 1 unspecified atom stereocenters. The normalized spacial score (nSPS) is 21.8. The summed E-state index contributed by atoms with van der Waals surface area (Å²) in [7, 11) is 0. The zero-order chi connectivity index (χ0) is 14.0. The molecule has 1 heterocycles. The van der Waals surface area contributed by atoms with E-state index in [4.69, 9.17) is 4.74 Å². The molecule has 2 aromatic carbocycles. The minimum absolute atomic E-state index is 0.132. The van der Waals surface area contributed by atoms with Gasteiger partial charge in [0, 0.05) is 6.42 Å². The lowest BCUT2D eigenvalue weighted by Gasteiger charge is -2.26. The van der Waals surface area contributed by atoms with Gasteiger partial charge in [0.15, 0.2) is 0 Å². The fourth-order valence-electron chi connectivity index (χ4n) is 2.96. The van der Waals surface area contributed by atoms with E-state index in [2.05, 4.69) is 31.2 Å². The molecule has 3 rings (SSSR count). The average Bonchev–Trinajstić information content (AvgIpc) is 2.91. The minimum atomic E-state index is -0.631. The van der Waals surface area contributed by atoms with Crippen LogP contribution in [0.25, 0.3) is 0 Å². The molecule has 0 bridgehead atoms. The maximum atomic E-state index is 12.4. The largest absolute Gasteiger partial charge is 0.465 e. The Balaban J connectivity index is 2.13. The Morgan fingerprint density at radius 3 is 2.20 bits per heavy atom. The van der Waals surface area contributed by atoms with Crippen molar-refractivity contribution >= 4 is 5.97 Å². The van der Waals surface area contributed by atoms with Crippen molar-refractivity contribution in [2.75, 3.05) is 6.61 Å². The topological polar surface area (TPSA) is 26.3 Å². The number of benzene rings is 2. The molecule has 1 fully saturated rings. The van der Waals surface area contributed by atoms with Gasteiger partial charge in [0.1, 0.15) is 5.41 Å². The minimum Gasteiger partial charge on any atom is -0.465 e. The van der Waals surface area contributed by atoms with Crippen LogP contribution in [0.5, 0.6) is 0 Å². The number of hydrogen-bond donors (Lipinski definition) is 0. The van der Waals surface area contributed by atoms with Crippen molar-refractivity contribution in [2.24, 2.45) is 0 Å². The van der Waals surface area contributed by atoms with Crippen molar-refractivity contribution in [1.82, 2.24) is 0 Å². The molecule has 0 N–H and O–H groups in total. The highest BCUT2D eigenvalue weighted by Crippen LogP contribution is 2.40. The Morgan fingerprint density at radius 2 is 1.65 bits per heavy atom. The first-order valence-corrected chi connectivity index (χ1v) is 7.09. The van der Waals surface area contributed by atoms with Gasteiger partial charge in [-0.05, 0) is 23.1 Å². The van der Waals surface area contributed by atoms with Crippen molar-refractivity contribution in [1.29, 1.82) is 0 Å². The Labute approximate surface area is 119 Å². The van der Waals surface area contributed by atoms with Crippen LogP contribution in [0.3, 0.4) is 0 Å². The van der Waals surface area contributed by atoms with Crippen molar-refractivity contribution in [2.45, 2.75) is 25.2 Å². The quantitative estimate of drug-likeness (QED) is 0.795. The zero-order valence-corrected chi connectivity index (χ0v) is 11.6. The fourth-order valence-corrected chi connectivity index (χ4v) is 2.96. The third-order valence-electron chi connectivity index (χ3n) is 4.18. The Hall–Kier alpha value is -2.09. The highest BCUT2D eigenvalue weighted by atomic mass is 16.5. The maximum Gasteiger partial charge on any atom is 0.321 e. The average molecular weight is 266 g/mol. The predicted octanol–water partition coefficient (Wildman–Crippen LogP) is 3.48. The van der Waals surface area contributed by atoms with Gasteiger partial charge in [-0.3, -0.25) is 4.79 Å². The van der Waals surface area contributed by atoms with E-state index in [0.717, 1.165) is 17.5 Å². The molecule has 0 saturated carbocycles. The van der Waals surface area contributed by atoms with Gasteiger partial charge in [0.2, 0.25) is 0 Å². The van der Waals surface area contributed by atoms with E-state index in [9.17, 15) is 4.79 Å². The number of rotatable bonds is 3. The third kappa shape index (κ3) is 1.92. The first-order valence-electron chi connectivity index (χ1n) is 7.09. The second-order valence-corrected chi connectivity index (χ2v) is 5.21. The molecule has 1 aliphatic heterocycles. The summed E-state index contributed by atoms with van der Waals surface area (Å²) in [6.07, 6.45) is 1.71. The number of ether oxygens (including phenoxy) is 1. The van der Waals surface area contributed by atoms with Gasteiger partial charge in [-0.25, -0.2) is 0 Å². The van der Waals surface area contributed by atoms with Gasteiger partial charge in [-0.2, -0.15) is 0 Å². The van der Waals surface area contributed by atoms with Gasteiger partial charge >= 0.3 is 5.97 Å². The van der Waals surface area contributed by atoms with Crippen molar-refractivity contribution in [3.63, 3.8) is 0 Å². The molecule has 0 radical (unpaired) electrons. The van der Waals surface area contributed by atoms with E-state index in [1.807, 2.05) is 30.3 Å². The summed E-state index contributed by atoms with van der Waals surface area (Å²) < 4.78 is 5.30. The predicted molar refractivity (Wildman–Crippen MR) is 78.6 cm³/mol. The van der Waals surface area contributed by atoms with Gasteiger partial charge in [-0.15, -0.1) is 0 Å². The molecule has 0 aromatic heterocycles. The molecule has 1 aliphatic rings. The standard InChI is InChI=1S/C18H18O2/c1-2-14-8-10-16(11-9-14)18(12-13-20-17(18)19)15-6-4-3-5-7-15/h3-11H,2,12-13H2,1H3. The second-order valence-electron chi connectivity index (χ2n) is 5.21. The van der Waals surface area contributed by atoms with Crippen molar-refractivity contribution < 1.29 is 9.53 Å².